The number of nitrogens with zero attached hydrogens (tertiary/aromatic N) is 5. The minimum atomic E-state index is 0.276. The van der Waals surface area contributed by atoms with Crippen molar-refractivity contribution in [1.29, 1.82) is 5.26 Å². The molecule has 1 N–H and O–H groups in total. The quantitative estimate of drug-likeness (QED) is 0.841. The van der Waals surface area contributed by atoms with Crippen LogP contribution in [0.3, 0.4) is 0 Å². The van der Waals surface area contributed by atoms with Crippen LogP contribution < -0.4 is 5.32 Å². The van der Waals surface area contributed by atoms with E-state index in [0.29, 0.717) is 18.2 Å². The minimum absolute atomic E-state index is 0.276. The predicted octanol–water partition coefficient (Wildman–Crippen LogP) is 1.06. The maximum absolute atomic E-state index is 8.84. The molecule has 0 saturated heterocycles. The third-order valence-corrected chi connectivity index (χ3v) is 2.07. The number of hydrogen-bond donors (Lipinski definition) is 1. The van der Waals surface area contributed by atoms with Gasteiger partial charge in [-0.15, -0.1) is 0 Å². The Labute approximate surface area is 98.4 Å². The third-order valence-electron chi connectivity index (χ3n) is 2.07. The molecule has 0 atom stereocenters. The summed E-state index contributed by atoms with van der Waals surface area (Å²) in [5, 5.41) is 11.9. The molecule has 2 aromatic rings. The predicted molar refractivity (Wildman–Crippen MR) is 60.8 cm³/mol. The van der Waals surface area contributed by atoms with Gasteiger partial charge >= 0.3 is 0 Å². The number of anilines is 1. The van der Waals surface area contributed by atoms with Gasteiger partial charge in [0.25, 0.3) is 0 Å². The van der Waals surface area contributed by atoms with Crippen molar-refractivity contribution in [3.63, 3.8) is 0 Å². The van der Waals surface area contributed by atoms with Gasteiger partial charge in [0.2, 0.25) is 0 Å². The van der Waals surface area contributed by atoms with Gasteiger partial charge in [-0.05, 0) is 13.0 Å². The van der Waals surface area contributed by atoms with Gasteiger partial charge in [0, 0.05) is 18.6 Å². The third kappa shape index (κ3) is 2.72. The Balaban J connectivity index is 2.10. The first-order valence-corrected chi connectivity index (χ1v) is 5.03. The van der Waals surface area contributed by atoms with Crippen molar-refractivity contribution in [2.75, 3.05) is 5.32 Å². The fraction of sp³-hybridized carbons (Fsp3) is 0.182. The van der Waals surface area contributed by atoms with Crippen LogP contribution in [0, 0.1) is 18.3 Å². The second-order valence-corrected chi connectivity index (χ2v) is 3.31. The first kappa shape index (κ1) is 11.0. The van der Waals surface area contributed by atoms with Gasteiger partial charge in [-0.25, -0.2) is 19.9 Å². The molecule has 2 rings (SSSR count). The summed E-state index contributed by atoms with van der Waals surface area (Å²) in [6.45, 7) is 2.31. The lowest BCUT2D eigenvalue weighted by atomic mass is 10.3. The average molecular weight is 226 g/mol. The topological polar surface area (TPSA) is 87.4 Å². The lowest BCUT2D eigenvalue weighted by molar-refractivity contribution is 0.946. The van der Waals surface area contributed by atoms with E-state index in [9.17, 15) is 0 Å². The Kier molecular flexibility index (Phi) is 3.21. The van der Waals surface area contributed by atoms with Crippen LogP contribution in [0.2, 0.25) is 0 Å². The highest BCUT2D eigenvalue weighted by Crippen LogP contribution is 2.07. The molecule has 0 radical (unpaired) electrons. The van der Waals surface area contributed by atoms with Gasteiger partial charge in [-0.1, -0.05) is 0 Å². The van der Waals surface area contributed by atoms with Gasteiger partial charge < -0.3 is 5.32 Å². The second kappa shape index (κ2) is 4.99. The molecular formula is C11H10N6. The number of rotatable bonds is 3. The van der Waals surface area contributed by atoms with Crippen molar-refractivity contribution < 1.29 is 0 Å². The van der Waals surface area contributed by atoms with Gasteiger partial charge in [-0.2, -0.15) is 5.26 Å². The van der Waals surface area contributed by atoms with Crippen molar-refractivity contribution in [1.82, 2.24) is 19.9 Å². The van der Waals surface area contributed by atoms with E-state index in [4.69, 9.17) is 5.26 Å². The Hall–Kier alpha value is -2.55. The molecular weight excluding hydrogens is 216 g/mol. The minimum Gasteiger partial charge on any atom is -0.362 e. The first-order chi connectivity index (χ1) is 8.29. The SMILES string of the molecule is Cc1nccc(CNc2nccnc2C#N)n1. The highest BCUT2D eigenvalue weighted by atomic mass is 15.0. The molecule has 0 saturated carbocycles. The summed E-state index contributed by atoms with van der Waals surface area (Å²) in [6.07, 6.45) is 4.72. The molecule has 0 spiro atoms. The molecule has 0 amide bonds. The van der Waals surface area contributed by atoms with E-state index in [1.165, 1.54) is 12.4 Å². The van der Waals surface area contributed by atoms with Gasteiger partial charge in [0.05, 0.1) is 12.2 Å². The second-order valence-electron chi connectivity index (χ2n) is 3.31. The molecule has 0 aliphatic carbocycles. The van der Waals surface area contributed by atoms with E-state index in [-0.39, 0.29) is 5.69 Å². The Morgan fingerprint density at radius 3 is 2.82 bits per heavy atom. The molecule has 0 fully saturated rings. The smallest absolute Gasteiger partial charge is 0.182 e. The highest BCUT2D eigenvalue weighted by Gasteiger charge is 2.03. The molecule has 0 unspecified atom stereocenters. The van der Waals surface area contributed by atoms with Gasteiger partial charge in [0.1, 0.15) is 11.9 Å². The van der Waals surface area contributed by atoms with Crippen molar-refractivity contribution in [3.8, 4) is 6.07 Å². The Morgan fingerprint density at radius 2 is 2.06 bits per heavy atom. The van der Waals surface area contributed by atoms with E-state index in [1.54, 1.807) is 6.20 Å². The molecule has 6 heteroatoms. The molecule has 84 valence electrons. The fourth-order valence-corrected chi connectivity index (χ4v) is 1.33. The summed E-state index contributed by atoms with van der Waals surface area (Å²) < 4.78 is 0. The molecule has 0 aromatic carbocycles. The molecule has 6 nitrogen and oxygen atoms in total. The maximum Gasteiger partial charge on any atom is 0.182 e. The van der Waals surface area contributed by atoms with Crippen molar-refractivity contribution in [3.05, 3.63) is 41.9 Å². The zero-order chi connectivity index (χ0) is 12.1. The van der Waals surface area contributed by atoms with Crippen LogP contribution >= 0.6 is 0 Å². The van der Waals surface area contributed by atoms with Crippen LogP contribution in [0.25, 0.3) is 0 Å². The standard InChI is InChI=1S/C11H10N6/c1-8-13-3-2-9(17-8)7-16-11-10(6-12)14-4-5-15-11/h2-5H,7H2,1H3,(H,15,16). The summed E-state index contributed by atoms with van der Waals surface area (Å²) in [4.78, 5) is 16.2. The average Bonchev–Trinajstić information content (AvgIpc) is 2.37. The highest BCUT2D eigenvalue weighted by molar-refractivity contribution is 5.46. The van der Waals surface area contributed by atoms with Crippen LogP contribution in [0.5, 0.6) is 0 Å². The van der Waals surface area contributed by atoms with Crippen LogP contribution in [0.15, 0.2) is 24.7 Å². The number of aromatic nitrogens is 4. The molecule has 0 aliphatic rings. The summed E-state index contributed by atoms with van der Waals surface area (Å²) in [7, 11) is 0. The van der Waals surface area contributed by atoms with Crippen LogP contribution in [-0.2, 0) is 6.54 Å². The maximum atomic E-state index is 8.84. The Morgan fingerprint density at radius 1 is 1.24 bits per heavy atom. The van der Waals surface area contributed by atoms with Crippen molar-refractivity contribution >= 4 is 5.82 Å². The summed E-state index contributed by atoms with van der Waals surface area (Å²) in [6, 6.07) is 3.78. The van der Waals surface area contributed by atoms with E-state index in [0.717, 1.165) is 5.69 Å². The monoisotopic (exact) mass is 226 g/mol. The number of hydrogen-bond acceptors (Lipinski definition) is 6. The van der Waals surface area contributed by atoms with Crippen LogP contribution in [0.1, 0.15) is 17.2 Å². The fourth-order valence-electron chi connectivity index (χ4n) is 1.33. The Bertz CT molecular complexity index is 560. The van der Waals surface area contributed by atoms with E-state index < -0.39 is 0 Å². The molecule has 0 aliphatic heterocycles. The van der Waals surface area contributed by atoms with Gasteiger partial charge in [-0.3, -0.25) is 0 Å². The zero-order valence-corrected chi connectivity index (χ0v) is 9.25. The van der Waals surface area contributed by atoms with E-state index >= 15 is 0 Å². The number of aryl methyl sites for hydroxylation is 1. The molecule has 2 aromatic heterocycles. The molecule has 17 heavy (non-hydrogen) atoms. The van der Waals surface area contributed by atoms with Crippen LogP contribution in [-0.4, -0.2) is 19.9 Å². The zero-order valence-electron chi connectivity index (χ0n) is 9.25. The number of nitriles is 1. The lowest BCUT2D eigenvalue weighted by Crippen LogP contribution is -2.06. The molecule has 2 heterocycles. The largest absolute Gasteiger partial charge is 0.362 e. The summed E-state index contributed by atoms with van der Waals surface area (Å²) in [5.74, 6) is 1.18. The molecule has 0 bridgehead atoms. The van der Waals surface area contributed by atoms with E-state index in [1.807, 2.05) is 19.1 Å². The van der Waals surface area contributed by atoms with Crippen molar-refractivity contribution in [2.45, 2.75) is 13.5 Å². The van der Waals surface area contributed by atoms with Crippen LogP contribution in [0.4, 0.5) is 5.82 Å². The summed E-state index contributed by atoms with van der Waals surface area (Å²) in [5.41, 5.74) is 1.12. The number of nitrogens with one attached hydrogen (secondary N) is 1. The summed E-state index contributed by atoms with van der Waals surface area (Å²) >= 11 is 0. The van der Waals surface area contributed by atoms with E-state index in [2.05, 4.69) is 25.3 Å². The first-order valence-electron chi connectivity index (χ1n) is 5.03. The normalized spacial score (nSPS) is 9.65. The lowest BCUT2D eigenvalue weighted by Gasteiger charge is -2.05. The van der Waals surface area contributed by atoms with Gasteiger partial charge in [0.15, 0.2) is 11.5 Å². The van der Waals surface area contributed by atoms with Crippen molar-refractivity contribution in [2.24, 2.45) is 0 Å².